The van der Waals surface area contributed by atoms with Crippen LogP contribution in [0.3, 0.4) is 0 Å². The maximum atomic E-state index is 12.4. The van der Waals surface area contributed by atoms with Gasteiger partial charge in [-0.05, 0) is 26.3 Å². The van der Waals surface area contributed by atoms with Crippen molar-refractivity contribution in [2.45, 2.75) is 26.3 Å². The summed E-state index contributed by atoms with van der Waals surface area (Å²) in [5, 5.41) is 4.18. The van der Waals surface area contributed by atoms with E-state index >= 15 is 0 Å². The van der Waals surface area contributed by atoms with E-state index in [1.54, 1.807) is 26.1 Å². The number of hydrogen-bond donors (Lipinski definition) is 0. The Morgan fingerprint density at radius 3 is 2.85 bits per heavy atom. The van der Waals surface area contributed by atoms with Gasteiger partial charge in [-0.3, -0.25) is 4.79 Å². The number of carbonyl (C=O) groups excluding carboxylic acids is 2. The first-order chi connectivity index (χ1) is 12.3. The molecular formula is C16H20N4O5S. The molecule has 1 fully saturated rings. The summed E-state index contributed by atoms with van der Waals surface area (Å²) >= 11 is 0. The number of ether oxygens (including phenoxy) is 1. The maximum Gasteiger partial charge on any atom is 0.344 e. The summed E-state index contributed by atoms with van der Waals surface area (Å²) in [4.78, 5) is 30.4. The number of esters is 1. The van der Waals surface area contributed by atoms with Gasteiger partial charge in [0.25, 0.3) is 5.91 Å². The highest BCUT2D eigenvalue weighted by atomic mass is 32.2. The first-order valence-corrected chi connectivity index (χ1v) is 10.1. The molecule has 0 saturated carbocycles. The van der Waals surface area contributed by atoms with Gasteiger partial charge < -0.3 is 9.64 Å². The molecule has 0 N–H and O–H groups in total. The summed E-state index contributed by atoms with van der Waals surface area (Å²) in [5.74, 6) is -1.06. The average molecular weight is 380 g/mol. The quantitative estimate of drug-likeness (QED) is 0.683. The maximum absolute atomic E-state index is 12.4. The van der Waals surface area contributed by atoms with Crippen molar-refractivity contribution >= 4 is 27.4 Å². The van der Waals surface area contributed by atoms with Gasteiger partial charge in [0, 0.05) is 25.0 Å². The molecule has 140 valence electrons. The fourth-order valence-electron chi connectivity index (χ4n) is 3.18. The predicted molar refractivity (Wildman–Crippen MR) is 92.5 cm³/mol. The minimum atomic E-state index is -3.10. The van der Waals surface area contributed by atoms with Crippen molar-refractivity contribution < 1.29 is 22.7 Å². The largest absolute Gasteiger partial charge is 0.452 e. The predicted octanol–water partition coefficient (Wildman–Crippen LogP) is 0.230. The molecule has 3 heterocycles. The van der Waals surface area contributed by atoms with E-state index in [-0.39, 0.29) is 23.1 Å². The SMILES string of the molecule is CCN(C(=O)COC(=O)c1c(C)nn2cccnc12)C1CCS(=O)(=O)C1. The van der Waals surface area contributed by atoms with Crippen LogP contribution >= 0.6 is 0 Å². The highest BCUT2D eigenvalue weighted by Crippen LogP contribution is 2.18. The van der Waals surface area contributed by atoms with Crippen LogP contribution in [0, 0.1) is 6.92 Å². The van der Waals surface area contributed by atoms with Gasteiger partial charge in [-0.25, -0.2) is 22.7 Å². The molecule has 1 aliphatic rings. The zero-order valence-electron chi connectivity index (χ0n) is 14.6. The summed E-state index contributed by atoms with van der Waals surface area (Å²) in [6.07, 6.45) is 3.61. The molecule has 0 aliphatic carbocycles. The highest BCUT2D eigenvalue weighted by Gasteiger charge is 2.34. The van der Waals surface area contributed by atoms with Crippen LogP contribution in [-0.2, 0) is 19.4 Å². The number of carbonyl (C=O) groups is 2. The topological polar surface area (TPSA) is 111 Å². The Morgan fingerprint density at radius 1 is 1.42 bits per heavy atom. The van der Waals surface area contributed by atoms with Crippen LogP contribution < -0.4 is 0 Å². The van der Waals surface area contributed by atoms with Crippen molar-refractivity contribution in [1.29, 1.82) is 0 Å². The van der Waals surface area contributed by atoms with Crippen molar-refractivity contribution in [3.63, 3.8) is 0 Å². The lowest BCUT2D eigenvalue weighted by molar-refractivity contribution is -0.136. The third-order valence-corrected chi connectivity index (χ3v) is 6.16. The molecular weight excluding hydrogens is 360 g/mol. The average Bonchev–Trinajstić information content (AvgIpc) is 3.11. The van der Waals surface area contributed by atoms with Crippen LogP contribution in [0.5, 0.6) is 0 Å². The molecule has 1 atom stereocenters. The number of aryl methyl sites for hydroxylation is 1. The lowest BCUT2D eigenvalue weighted by Crippen LogP contribution is -2.43. The van der Waals surface area contributed by atoms with Crippen LogP contribution in [-0.4, -0.2) is 70.5 Å². The molecule has 1 saturated heterocycles. The Labute approximate surface area is 150 Å². The third kappa shape index (κ3) is 3.55. The second kappa shape index (κ2) is 7.02. The molecule has 2 aromatic heterocycles. The number of rotatable bonds is 5. The smallest absolute Gasteiger partial charge is 0.344 e. The molecule has 0 aromatic carbocycles. The number of sulfone groups is 1. The van der Waals surface area contributed by atoms with Crippen molar-refractivity contribution in [3.8, 4) is 0 Å². The number of likely N-dealkylation sites (N-methyl/N-ethyl adjacent to an activating group) is 1. The van der Waals surface area contributed by atoms with Crippen LogP contribution in [0.2, 0.25) is 0 Å². The Balaban J connectivity index is 1.68. The van der Waals surface area contributed by atoms with Crippen LogP contribution in [0.1, 0.15) is 29.4 Å². The summed E-state index contributed by atoms with van der Waals surface area (Å²) in [5.41, 5.74) is 1.02. The van der Waals surface area contributed by atoms with E-state index in [4.69, 9.17) is 4.74 Å². The summed E-state index contributed by atoms with van der Waals surface area (Å²) in [6, 6.07) is 1.32. The van der Waals surface area contributed by atoms with E-state index in [9.17, 15) is 18.0 Å². The van der Waals surface area contributed by atoms with E-state index in [0.29, 0.717) is 24.3 Å². The monoisotopic (exact) mass is 380 g/mol. The standard InChI is InChI=1S/C16H20N4O5S/c1-3-19(12-5-8-26(23,24)10-12)13(21)9-25-16(22)14-11(2)18-20-7-4-6-17-15(14)20/h4,6-7,12H,3,5,8-10H2,1-2H3. The van der Waals surface area contributed by atoms with Gasteiger partial charge in [-0.15, -0.1) is 0 Å². The van der Waals surface area contributed by atoms with Crippen LogP contribution in [0.25, 0.3) is 5.65 Å². The van der Waals surface area contributed by atoms with Crippen molar-refractivity contribution in [2.75, 3.05) is 24.7 Å². The first kappa shape index (κ1) is 18.3. The lowest BCUT2D eigenvalue weighted by atomic mass is 10.2. The van der Waals surface area contributed by atoms with E-state index < -0.39 is 28.3 Å². The second-order valence-electron chi connectivity index (χ2n) is 6.16. The number of amides is 1. The molecule has 10 heteroatoms. The number of aromatic nitrogens is 3. The molecule has 9 nitrogen and oxygen atoms in total. The van der Waals surface area contributed by atoms with Gasteiger partial charge in [0.2, 0.25) is 0 Å². The minimum Gasteiger partial charge on any atom is -0.452 e. The lowest BCUT2D eigenvalue weighted by Gasteiger charge is -2.26. The number of fused-ring (bicyclic) bond motifs is 1. The normalized spacial score (nSPS) is 18.8. The number of hydrogen-bond acceptors (Lipinski definition) is 7. The Hall–Kier alpha value is -2.49. The molecule has 1 amide bonds. The van der Waals surface area contributed by atoms with E-state index in [1.807, 2.05) is 0 Å². The molecule has 2 aromatic rings. The Kier molecular flexibility index (Phi) is 4.94. The first-order valence-electron chi connectivity index (χ1n) is 8.29. The van der Waals surface area contributed by atoms with Gasteiger partial charge >= 0.3 is 5.97 Å². The van der Waals surface area contributed by atoms with Crippen molar-refractivity contribution in [3.05, 3.63) is 29.7 Å². The van der Waals surface area contributed by atoms with E-state index in [0.717, 1.165) is 0 Å². The second-order valence-corrected chi connectivity index (χ2v) is 8.39. The van der Waals surface area contributed by atoms with Crippen molar-refractivity contribution in [1.82, 2.24) is 19.5 Å². The van der Waals surface area contributed by atoms with Gasteiger partial charge in [-0.2, -0.15) is 5.10 Å². The Bertz CT molecular complexity index is 953. The molecule has 1 unspecified atom stereocenters. The van der Waals surface area contributed by atoms with E-state index in [1.165, 1.54) is 15.6 Å². The summed E-state index contributed by atoms with van der Waals surface area (Å²) in [7, 11) is -3.10. The number of nitrogens with zero attached hydrogens (tertiary/aromatic N) is 4. The minimum absolute atomic E-state index is 0.0440. The molecule has 1 aliphatic heterocycles. The zero-order valence-corrected chi connectivity index (χ0v) is 15.4. The Morgan fingerprint density at radius 2 is 2.19 bits per heavy atom. The molecule has 0 spiro atoms. The molecule has 0 radical (unpaired) electrons. The van der Waals surface area contributed by atoms with E-state index in [2.05, 4.69) is 10.1 Å². The van der Waals surface area contributed by atoms with Gasteiger partial charge in [0.15, 0.2) is 22.1 Å². The van der Waals surface area contributed by atoms with Crippen LogP contribution in [0.4, 0.5) is 0 Å². The summed E-state index contributed by atoms with van der Waals surface area (Å²) < 4.78 is 29.9. The molecule has 0 bridgehead atoms. The van der Waals surface area contributed by atoms with Gasteiger partial charge in [0.05, 0.1) is 17.2 Å². The fourth-order valence-corrected chi connectivity index (χ4v) is 4.91. The third-order valence-electron chi connectivity index (χ3n) is 4.41. The highest BCUT2D eigenvalue weighted by molar-refractivity contribution is 7.91. The zero-order chi connectivity index (χ0) is 18.9. The molecule has 26 heavy (non-hydrogen) atoms. The van der Waals surface area contributed by atoms with Gasteiger partial charge in [-0.1, -0.05) is 0 Å². The van der Waals surface area contributed by atoms with Crippen molar-refractivity contribution in [2.24, 2.45) is 0 Å². The fraction of sp³-hybridized carbons (Fsp3) is 0.500. The van der Waals surface area contributed by atoms with Gasteiger partial charge in [0.1, 0.15) is 5.56 Å². The molecule has 3 rings (SSSR count). The summed E-state index contributed by atoms with van der Waals surface area (Å²) in [6.45, 7) is 3.33. The van der Waals surface area contributed by atoms with Crippen LogP contribution in [0.15, 0.2) is 18.5 Å².